The summed E-state index contributed by atoms with van der Waals surface area (Å²) in [6.45, 7) is 3.93. The van der Waals surface area contributed by atoms with Gasteiger partial charge in [-0.05, 0) is 37.1 Å². The molecule has 3 aromatic rings. The maximum Gasteiger partial charge on any atom is 0.356 e. The summed E-state index contributed by atoms with van der Waals surface area (Å²) < 4.78 is 1.47. The zero-order valence-corrected chi connectivity index (χ0v) is 12.4. The van der Waals surface area contributed by atoms with Crippen LogP contribution in [0.2, 0.25) is 0 Å². The number of hydrogen-bond donors (Lipinski definition) is 1. The van der Waals surface area contributed by atoms with E-state index in [1.165, 1.54) is 10.9 Å². The lowest BCUT2D eigenvalue weighted by Crippen LogP contribution is -2.24. The van der Waals surface area contributed by atoms with E-state index in [4.69, 9.17) is 0 Å². The predicted octanol–water partition coefficient (Wildman–Crippen LogP) is 2.99. The predicted molar refractivity (Wildman–Crippen MR) is 86.8 cm³/mol. The monoisotopic (exact) mass is 292 g/mol. The lowest BCUT2D eigenvalue weighted by molar-refractivity contribution is 0.853. The van der Waals surface area contributed by atoms with Crippen LogP contribution in [0.15, 0.2) is 59.7 Å². The van der Waals surface area contributed by atoms with Crippen molar-refractivity contribution in [2.45, 2.75) is 13.8 Å². The van der Waals surface area contributed by atoms with Crippen LogP contribution in [-0.2, 0) is 0 Å². The summed E-state index contributed by atoms with van der Waals surface area (Å²) in [5.74, 6) is 0.290. The number of hydrogen-bond acceptors (Lipinski definition) is 4. The van der Waals surface area contributed by atoms with Crippen LogP contribution in [0.5, 0.6) is 0 Å². The van der Waals surface area contributed by atoms with Crippen LogP contribution in [0.25, 0.3) is 5.69 Å². The molecule has 3 rings (SSSR count). The Morgan fingerprint density at radius 2 is 1.64 bits per heavy atom. The minimum Gasteiger partial charge on any atom is -0.324 e. The van der Waals surface area contributed by atoms with Gasteiger partial charge in [-0.15, -0.1) is 0 Å². The number of benzene rings is 2. The minimum absolute atomic E-state index is 0.290. The summed E-state index contributed by atoms with van der Waals surface area (Å²) in [6, 6.07) is 15.4. The Bertz CT molecular complexity index is 836. The van der Waals surface area contributed by atoms with E-state index in [2.05, 4.69) is 15.3 Å². The zero-order valence-electron chi connectivity index (χ0n) is 12.4. The van der Waals surface area contributed by atoms with Gasteiger partial charge in [-0.3, -0.25) is 4.57 Å². The third-order valence-corrected chi connectivity index (χ3v) is 3.41. The Balaban J connectivity index is 1.98. The molecule has 0 aliphatic rings. The number of anilines is 2. The minimum atomic E-state index is -0.356. The van der Waals surface area contributed by atoms with E-state index >= 15 is 0 Å². The van der Waals surface area contributed by atoms with Crippen molar-refractivity contribution in [1.29, 1.82) is 0 Å². The molecule has 22 heavy (non-hydrogen) atoms. The van der Waals surface area contributed by atoms with E-state index in [1.54, 1.807) is 0 Å². The van der Waals surface area contributed by atoms with Crippen molar-refractivity contribution >= 4 is 11.6 Å². The second-order valence-corrected chi connectivity index (χ2v) is 5.06. The third-order valence-electron chi connectivity index (χ3n) is 3.41. The Labute approximate surface area is 128 Å². The number of rotatable bonds is 3. The zero-order chi connectivity index (χ0) is 15.5. The molecule has 0 fully saturated rings. The molecule has 0 atom stereocenters. The fourth-order valence-electron chi connectivity index (χ4n) is 2.38. The summed E-state index contributed by atoms with van der Waals surface area (Å²) in [6.07, 6.45) is 1.51. The Morgan fingerprint density at radius 1 is 0.955 bits per heavy atom. The van der Waals surface area contributed by atoms with Gasteiger partial charge in [0.25, 0.3) is 0 Å². The van der Waals surface area contributed by atoms with Crippen molar-refractivity contribution in [2.75, 3.05) is 5.32 Å². The molecule has 1 heterocycles. The molecule has 0 saturated heterocycles. The van der Waals surface area contributed by atoms with E-state index in [-0.39, 0.29) is 5.69 Å². The van der Waals surface area contributed by atoms with Crippen molar-refractivity contribution in [2.24, 2.45) is 0 Å². The first-order valence-electron chi connectivity index (χ1n) is 6.99. The highest BCUT2D eigenvalue weighted by molar-refractivity contribution is 5.52. The van der Waals surface area contributed by atoms with Gasteiger partial charge in [0.15, 0.2) is 0 Å². The van der Waals surface area contributed by atoms with Crippen LogP contribution in [0.1, 0.15) is 11.1 Å². The summed E-state index contributed by atoms with van der Waals surface area (Å²) in [4.78, 5) is 20.6. The first-order valence-corrected chi connectivity index (χ1v) is 6.99. The summed E-state index contributed by atoms with van der Waals surface area (Å²) in [7, 11) is 0. The molecule has 0 amide bonds. The number of nitrogens with one attached hydrogen (secondary N) is 1. The molecule has 0 bridgehead atoms. The van der Waals surface area contributed by atoms with Gasteiger partial charge in [0.2, 0.25) is 5.95 Å². The van der Waals surface area contributed by atoms with Gasteiger partial charge in [-0.25, -0.2) is 9.78 Å². The third kappa shape index (κ3) is 2.74. The van der Waals surface area contributed by atoms with Crippen LogP contribution in [0.4, 0.5) is 11.6 Å². The van der Waals surface area contributed by atoms with Gasteiger partial charge >= 0.3 is 5.69 Å². The lowest BCUT2D eigenvalue weighted by atomic mass is 10.1. The van der Waals surface area contributed by atoms with Crippen molar-refractivity contribution < 1.29 is 0 Å². The van der Waals surface area contributed by atoms with Crippen molar-refractivity contribution in [3.05, 3.63) is 76.5 Å². The first kappa shape index (κ1) is 14.0. The van der Waals surface area contributed by atoms with E-state index in [0.29, 0.717) is 5.95 Å². The smallest absolute Gasteiger partial charge is 0.324 e. The highest BCUT2D eigenvalue weighted by Gasteiger charge is 2.09. The fraction of sp³-hybridized carbons (Fsp3) is 0.118. The normalized spacial score (nSPS) is 10.5. The van der Waals surface area contributed by atoms with Gasteiger partial charge in [0.1, 0.15) is 6.33 Å². The number of para-hydroxylation sites is 2. The second-order valence-electron chi connectivity index (χ2n) is 5.06. The van der Waals surface area contributed by atoms with Gasteiger partial charge < -0.3 is 5.32 Å². The topological polar surface area (TPSA) is 59.8 Å². The first-order chi connectivity index (χ1) is 10.6. The van der Waals surface area contributed by atoms with E-state index in [0.717, 1.165) is 22.5 Å². The average molecular weight is 292 g/mol. The molecule has 0 saturated carbocycles. The Kier molecular flexibility index (Phi) is 3.70. The maximum atomic E-state index is 12.3. The molecule has 110 valence electrons. The highest BCUT2D eigenvalue weighted by atomic mass is 16.1. The fourth-order valence-corrected chi connectivity index (χ4v) is 2.38. The van der Waals surface area contributed by atoms with Crippen molar-refractivity contribution in [1.82, 2.24) is 14.5 Å². The van der Waals surface area contributed by atoms with Crippen LogP contribution in [0.3, 0.4) is 0 Å². The van der Waals surface area contributed by atoms with E-state index < -0.39 is 0 Å². The van der Waals surface area contributed by atoms with Crippen LogP contribution in [-0.4, -0.2) is 14.5 Å². The van der Waals surface area contributed by atoms with Crippen LogP contribution < -0.4 is 11.0 Å². The standard InChI is InChI=1S/C17H16N4O/c1-12-7-6-8-13(2)15(12)21-11-18-16(20-17(21)22)19-14-9-4-3-5-10-14/h3-11H,1-2H3,(H,19,20,22). The molecule has 5 heteroatoms. The largest absolute Gasteiger partial charge is 0.356 e. The Hall–Kier alpha value is -2.95. The van der Waals surface area contributed by atoms with E-state index in [9.17, 15) is 4.79 Å². The molecule has 1 N–H and O–H groups in total. The quantitative estimate of drug-likeness (QED) is 0.806. The molecule has 2 aromatic carbocycles. The van der Waals surface area contributed by atoms with Crippen LogP contribution >= 0.6 is 0 Å². The molecular formula is C17H16N4O. The average Bonchev–Trinajstić information content (AvgIpc) is 2.50. The molecular weight excluding hydrogens is 276 g/mol. The molecule has 0 aliphatic carbocycles. The maximum absolute atomic E-state index is 12.3. The molecule has 0 unspecified atom stereocenters. The van der Waals surface area contributed by atoms with Gasteiger partial charge in [0.05, 0.1) is 5.69 Å². The van der Waals surface area contributed by atoms with Gasteiger partial charge in [-0.2, -0.15) is 4.98 Å². The number of aryl methyl sites for hydroxylation is 2. The summed E-state index contributed by atoms with van der Waals surface area (Å²) in [5, 5.41) is 3.02. The van der Waals surface area contributed by atoms with Gasteiger partial charge in [0, 0.05) is 5.69 Å². The lowest BCUT2D eigenvalue weighted by Gasteiger charge is -2.12. The molecule has 0 spiro atoms. The molecule has 0 radical (unpaired) electrons. The molecule has 5 nitrogen and oxygen atoms in total. The van der Waals surface area contributed by atoms with Crippen LogP contribution in [0, 0.1) is 13.8 Å². The number of nitrogens with zero attached hydrogens (tertiary/aromatic N) is 3. The Morgan fingerprint density at radius 3 is 2.27 bits per heavy atom. The van der Waals surface area contributed by atoms with Crippen molar-refractivity contribution in [3.8, 4) is 5.69 Å². The van der Waals surface area contributed by atoms with Crippen molar-refractivity contribution in [3.63, 3.8) is 0 Å². The summed E-state index contributed by atoms with van der Waals surface area (Å²) >= 11 is 0. The second kappa shape index (κ2) is 5.81. The number of aromatic nitrogens is 3. The summed E-state index contributed by atoms with van der Waals surface area (Å²) in [5.41, 5.74) is 3.33. The van der Waals surface area contributed by atoms with E-state index in [1.807, 2.05) is 62.4 Å². The molecule has 0 aliphatic heterocycles. The SMILES string of the molecule is Cc1cccc(C)c1-n1cnc(Nc2ccccc2)nc1=O. The molecule has 1 aromatic heterocycles. The van der Waals surface area contributed by atoms with Gasteiger partial charge in [-0.1, -0.05) is 36.4 Å². The highest BCUT2D eigenvalue weighted by Crippen LogP contribution is 2.17.